The monoisotopic (exact) mass is 727 g/mol. The lowest BCUT2D eigenvalue weighted by atomic mass is 9.70. The molecule has 0 radical (unpaired) electrons. The number of nitrogens with one attached hydrogen (secondary N) is 1. The van der Waals surface area contributed by atoms with Gasteiger partial charge in [-0.05, 0) is 86.4 Å². The van der Waals surface area contributed by atoms with Gasteiger partial charge in [0.1, 0.15) is 11.9 Å². The number of halogens is 1. The SMILES string of the molecule is C[C@@H]1[C@@H](C)C/C=C/[C@H](OCCN2CCOCC2)[C@@H]2OCC[C@H]2CN2C[C@@]3(CCCc4cc(Cl)ccc43)COc3ccc(cc32)C(=O)NS1(=O)=O. The summed E-state index contributed by atoms with van der Waals surface area (Å²) in [6.07, 6.45) is 7.95. The van der Waals surface area contributed by atoms with E-state index < -0.39 is 21.2 Å². The van der Waals surface area contributed by atoms with Crippen LogP contribution in [0.5, 0.6) is 5.75 Å². The number of carbonyl (C=O) groups is 1. The summed E-state index contributed by atoms with van der Waals surface area (Å²) in [5.74, 6) is -0.0495. The Labute approximate surface area is 301 Å². The number of sulfonamides is 1. The smallest absolute Gasteiger partial charge is 0.264 e. The Hall–Kier alpha value is -2.67. The largest absolute Gasteiger partial charge is 0.490 e. The number of hydrogen-bond donors (Lipinski definition) is 1. The van der Waals surface area contributed by atoms with Crippen LogP contribution in [0, 0.1) is 11.8 Å². The Morgan fingerprint density at radius 2 is 1.94 bits per heavy atom. The van der Waals surface area contributed by atoms with Crippen molar-refractivity contribution in [1.29, 1.82) is 0 Å². The lowest BCUT2D eigenvalue weighted by Crippen LogP contribution is -2.48. The average molecular weight is 728 g/mol. The molecule has 272 valence electrons. The maximum atomic E-state index is 13.6. The van der Waals surface area contributed by atoms with Gasteiger partial charge in [-0.25, -0.2) is 13.1 Å². The van der Waals surface area contributed by atoms with Crippen LogP contribution in [0.3, 0.4) is 0 Å². The lowest BCUT2D eigenvalue weighted by Gasteiger charge is -2.42. The third kappa shape index (κ3) is 7.59. The third-order valence-electron chi connectivity index (χ3n) is 11.5. The van der Waals surface area contributed by atoms with E-state index in [1.165, 1.54) is 11.1 Å². The second kappa shape index (κ2) is 15.1. The van der Waals surface area contributed by atoms with Crippen LogP contribution in [0.15, 0.2) is 48.6 Å². The van der Waals surface area contributed by atoms with Crippen molar-refractivity contribution in [2.45, 2.75) is 68.8 Å². The number of fused-ring (bicyclic) bond motifs is 4. The van der Waals surface area contributed by atoms with E-state index in [4.69, 9.17) is 30.5 Å². The molecule has 2 fully saturated rings. The minimum Gasteiger partial charge on any atom is -0.490 e. The zero-order chi connectivity index (χ0) is 34.9. The molecule has 0 saturated carbocycles. The Bertz CT molecular complexity index is 1680. The number of ether oxygens (including phenoxy) is 4. The number of anilines is 1. The number of benzene rings is 2. The van der Waals surface area contributed by atoms with E-state index in [1.54, 1.807) is 19.1 Å². The van der Waals surface area contributed by atoms with E-state index >= 15 is 0 Å². The maximum absolute atomic E-state index is 13.6. The topological polar surface area (TPSA) is 107 Å². The van der Waals surface area contributed by atoms with Crippen molar-refractivity contribution in [3.63, 3.8) is 0 Å². The van der Waals surface area contributed by atoms with Crippen molar-refractivity contribution < 1.29 is 32.2 Å². The van der Waals surface area contributed by atoms with E-state index in [9.17, 15) is 13.2 Å². The van der Waals surface area contributed by atoms with Crippen molar-refractivity contribution in [1.82, 2.24) is 9.62 Å². The zero-order valence-electron chi connectivity index (χ0n) is 29.2. The van der Waals surface area contributed by atoms with Crippen molar-refractivity contribution in [3.8, 4) is 5.75 Å². The van der Waals surface area contributed by atoms with Gasteiger partial charge in [0.05, 0.1) is 43.5 Å². The quantitative estimate of drug-likeness (QED) is 0.437. The van der Waals surface area contributed by atoms with Crippen LogP contribution in [0.1, 0.15) is 61.0 Å². The molecule has 2 aromatic rings. The molecule has 4 heterocycles. The molecule has 2 aromatic carbocycles. The first kappa shape index (κ1) is 35.7. The number of nitrogens with zero attached hydrogens (tertiary/aromatic N) is 2. The van der Waals surface area contributed by atoms with Crippen molar-refractivity contribution in [2.24, 2.45) is 11.8 Å². The van der Waals surface area contributed by atoms with Gasteiger partial charge in [0.15, 0.2) is 0 Å². The lowest BCUT2D eigenvalue weighted by molar-refractivity contribution is -0.0481. The highest BCUT2D eigenvalue weighted by atomic mass is 35.5. The van der Waals surface area contributed by atoms with Gasteiger partial charge in [0, 0.05) is 61.2 Å². The summed E-state index contributed by atoms with van der Waals surface area (Å²) in [7, 11) is -3.95. The van der Waals surface area contributed by atoms with Gasteiger partial charge in [-0.2, -0.15) is 0 Å². The summed E-state index contributed by atoms with van der Waals surface area (Å²) in [4.78, 5) is 18.3. The predicted molar refractivity (Wildman–Crippen MR) is 194 cm³/mol. The molecule has 6 atom stereocenters. The number of hydrogen-bond acceptors (Lipinski definition) is 9. The van der Waals surface area contributed by atoms with E-state index in [1.807, 2.05) is 25.1 Å². The maximum Gasteiger partial charge on any atom is 0.264 e. The third-order valence-corrected chi connectivity index (χ3v) is 13.7. The minimum absolute atomic E-state index is 0.145. The zero-order valence-corrected chi connectivity index (χ0v) is 30.7. The molecule has 7 rings (SSSR count). The summed E-state index contributed by atoms with van der Waals surface area (Å²) < 4.78 is 54.6. The molecule has 50 heavy (non-hydrogen) atoms. The minimum atomic E-state index is -3.95. The van der Waals surface area contributed by atoms with Crippen LogP contribution in [0.4, 0.5) is 5.69 Å². The first-order valence-electron chi connectivity index (χ1n) is 18.2. The van der Waals surface area contributed by atoms with Gasteiger partial charge in [-0.3, -0.25) is 9.69 Å². The molecule has 5 aliphatic rings. The number of aryl methyl sites for hydroxylation is 1. The van der Waals surface area contributed by atoms with Gasteiger partial charge in [0.2, 0.25) is 10.0 Å². The summed E-state index contributed by atoms with van der Waals surface area (Å²) >= 11 is 6.47. The highest BCUT2D eigenvalue weighted by Crippen LogP contribution is 2.45. The van der Waals surface area contributed by atoms with Crippen LogP contribution < -0.4 is 14.4 Å². The highest BCUT2D eigenvalue weighted by molar-refractivity contribution is 7.90. The molecule has 2 saturated heterocycles. The fourth-order valence-electron chi connectivity index (χ4n) is 8.36. The van der Waals surface area contributed by atoms with Crippen LogP contribution in [-0.2, 0) is 36.1 Å². The van der Waals surface area contributed by atoms with Crippen LogP contribution in [-0.4, -0.2) is 102 Å². The summed E-state index contributed by atoms with van der Waals surface area (Å²) in [6, 6.07) is 11.5. The van der Waals surface area contributed by atoms with E-state index in [0.29, 0.717) is 45.1 Å². The number of amides is 1. The molecule has 1 amide bonds. The van der Waals surface area contributed by atoms with Gasteiger partial charge < -0.3 is 23.8 Å². The molecule has 12 heteroatoms. The Balaban J connectivity index is 1.25. The number of carbonyl (C=O) groups excluding carboxylic acids is 1. The molecule has 0 unspecified atom stereocenters. The molecule has 0 aromatic heterocycles. The highest BCUT2D eigenvalue weighted by Gasteiger charge is 2.44. The van der Waals surface area contributed by atoms with Gasteiger partial charge in [-0.15, -0.1) is 0 Å². The van der Waals surface area contributed by atoms with E-state index in [0.717, 1.165) is 69.2 Å². The van der Waals surface area contributed by atoms with E-state index in [2.05, 4.69) is 32.7 Å². The standard InChI is InChI=1S/C38H50ClN3O7S/c1-26-5-3-7-35(47-20-16-41-14-18-46-19-15-41)36-30(12-17-48-36)23-42-24-38(13-4-6-28-21-31(39)9-10-32(28)38)25-49-34-11-8-29(22-33(34)42)37(43)40-50(44,45)27(26)2/h3,7-11,21-22,26-27,30,35-36H,4-6,12-20,23-25H2,1-2H3,(H,40,43)/b7-3+/t26-,27+,30-,35-,36+,38-/m0/s1. The predicted octanol–water partition coefficient (Wildman–Crippen LogP) is 4.98. The molecule has 10 nitrogen and oxygen atoms in total. The summed E-state index contributed by atoms with van der Waals surface area (Å²) in [6.45, 7) is 10.6. The first-order chi connectivity index (χ1) is 24.1. The first-order valence-corrected chi connectivity index (χ1v) is 20.1. The van der Waals surface area contributed by atoms with E-state index in [-0.39, 0.29) is 35.0 Å². The molecular formula is C38H50ClN3O7S. The van der Waals surface area contributed by atoms with Crippen LogP contribution in [0.25, 0.3) is 0 Å². The molecule has 1 aliphatic carbocycles. The van der Waals surface area contributed by atoms with Crippen LogP contribution in [0.2, 0.25) is 5.02 Å². The Morgan fingerprint density at radius 3 is 2.78 bits per heavy atom. The average Bonchev–Trinajstić information content (AvgIpc) is 3.51. The fraction of sp³-hybridized carbons (Fsp3) is 0.605. The van der Waals surface area contributed by atoms with Crippen molar-refractivity contribution in [2.75, 3.05) is 70.7 Å². The molecule has 1 spiro atoms. The number of allylic oxidation sites excluding steroid dienone is 1. The molecule has 2 bridgehead atoms. The molecular weight excluding hydrogens is 678 g/mol. The van der Waals surface area contributed by atoms with Gasteiger partial charge in [-0.1, -0.05) is 36.7 Å². The number of morpholine rings is 1. The fourth-order valence-corrected chi connectivity index (χ4v) is 9.84. The second-order valence-electron chi connectivity index (χ2n) is 14.8. The Kier molecular flexibility index (Phi) is 10.8. The van der Waals surface area contributed by atoms with Gasteiger partial charge in [0.25, 0.3) is 5.91 Å². The van der Waals surface area contributed by atoms with Crippen molar-refractivity contribution >= 4 is 33.2 Å². The summed E-state index contributed by atoms with van der Waals surface area (Å²) in [5.41, 5.74) is 3.28. The molecule has 4 aliphatic heterocycles. The van der Waals surface area contributed by atoms with Crippen molar-refractivity contribution in [3.05, 3.63) is 70.3 Å². The summed E-state index contributed by atoms with van der Waals surface area (Å²) in [5, 5.41) is -0.0582. The van der Waals surface area contributed by atoms with Crippen LogP contribution >= 0.6 is 11.6 Å². The second-order valence-corrected chi connectivity index (χ2v) is 17.3. The Morgan fingerprint density at radius 1 is 1.10 bits per heavy atom. The normalized spacial score (nSPS) is 32.3. The molecule has 1 N–H and O–H groups in total. The van der Waals surface area contributed by atoms with Gasteiger partial charge >= 0.3 is 0 Å². The number of rotatable bonds is 4.